The second-order valence-corrected chi connectivity index (χ2v) is 2.94. The molecule has 1 aromatic rings. The predicted octanol–water partition coefficient (Wildman–Crippen LogP) is 2.34. The van der Waals surface area contributed by atoms with Crippen molar-refractivity contribution in [2.75, 3.05) is 6.61 Å². The molecule has 0 aliphatic carbocycles. The summed E-state index contributed by atoms with van der Waals surface area (Å²) in [5.41, 5.74) is 0.662. The third kappa shape index (κ3) is 1.20. The average Bonchev–Trinajstić information content (AvgIpc) is 2.79. The summed E-state index contributed by atoms with van der Waals surface area (Å²) in [5.74, 6) is -0.752. The van der Waals surface area contributed by atoms with Crippen molar-refractivity contribution < 1.29 is 13.5 Å². The monoisotopic (exact) mass is 170 g/mol. The molecule has 0 spiro atoms. The zero-order valence-corrected chi connectivity index (χ0v) is 6.60. The van der Waals surface area contributed by atoms with E-state index in [0.717, 1.165) is 0 Å². The van der Waals surface area contributed by atoms with Gasteiger partial charge in [-0.25, -0.2) is 8.78 Å². The third-order valence-corrected chi connectivity index (χ3v) is 1.96. The van der Waals surface area contributed by atoms with E-state index in [1.807, 2.05) is 0 Å². The Labute approximate surface area is 69.0 Å². The fourth-order valence-electron chi connectivity index (χ4n) is 1.14. The standard InChI is InChI=1S/C9H8F2O/c1-5-2-8(11)6(3-7(5)10)9-4-12-9/h2-3,9H,4H2,1H3. The lowest BCUT2D eigenvalue weighted by Gasteiger charge is -2.01. The maximum atomic E-state index is 13.1. The van der Waals surface area contributed by atoms with Gasteiger partial charge in [0, 0.05) is 5.56 Å². The molecule has 0 amide bonds. The fourth-order valence-corrected chi connectivity index (χ4v) is 1.14. The first-order chi connectivity index (χ1) is 5.68. The van der Waals surface area contributed by atoms with E-state index >= 15 is 0 Å². The predicted molar refractivity (Wildman–Crippen MR) is 39.8 cm³/mol. The van der Waals surface area contributed by atoms with Crippen molar-refractivity contribution in [3.63, 3.8) is 0 Å². The molecule has 12 heavy (non-hydrogen) atoms. The molecule has 0 aromatic heterocycles. The van der Waals surface area contributed by atoms with Gasteiger partial charge in [0.1, 0.15) is 17.7 Å². The number of rotatable bonds is 1. The highest BCUT2D eigenvalue weighted by Crippen LogP contribution is 2.32. The van der Waals surface area contributed by atoms with Crippen LogP contribution in [0.25, 0.3) is 0 Å². The van der Waals surface area contributed by atoms with Crippen molar-refractivity contribution >= 4 is 0 Å². The molecule has 1 heterocycles. The lowest BCUT2D eigenvalue weighted by molar-refractivity contribution is 0.406. The Bertz CT molecular complexity index is 319. The maximum Gasteiger partial charge on any atom is 0.129 e. The molecule has 0 bridgehead atoms. The van der Waals surface area contributed by atoms with Crippen molar-refractivity contribution in [3.8, 4) is 0 Å². The van der Waals surface area contributed by atoms with E-state index in [1.165, 1.54) is 19.1 Å². The molecule has 1 nitrogen and oxygen atoms in total. The summed E-state index contributed by atoms with van der Waals surface area (Å²) in [7, 11) is 0. The number of halogens is 2. The summed E-state index contributed by atoms with van der Waals surface area (Å²) in [6, 6.07) is 2.41. The van der Waals surface area contributed by atoms with Gasteiger partial charge in [-0.2, -0.15) is 0 Å². The molecular weight excluding hydrogens is 162 g/mol. The minimum atomic E-state index is -0.378. The highest BCUT2D eigenvalue weighted by molar-refractivity contribution is 5.28. The third-order valence-electron chi connectivity index (χ3n) is 1.96. The Morgan fingerprint density at radius 3 is 2.58 bits per heavy atom. The summed E-state index contributed by atoms with van der Waals surface area (Å²) in [4.78, 5) is 0. The van der Waals surface area contributed by atoms with Gasteiger partial charge in [-0.1, -0.05) is 0 Å². The second-order valence-electron chi connectivity index (χ2n) is 2.94. The number of aryl methyl sites for hydroxylation is 1. The zero-order chi connectivity index (χ0) is 8.72. The average molecular weight is 170 g/mol. The van der Waals surface area contributed by atoms with E-state index < -0.39 is 0 Å². The molecule has 0 N–H and O–H groups in total. The van der Waals surface area contributed by atoms with Crippen LogP contribution in [0.1, 0.15) is 17.2 Å². The van der Waals surface area contributed by atoms with Crippen LogP contribution < -0.4 is 0 Å². The molecule has 0 radical (unpaired) electrons. The topological polar surface area (TPSA) is 12.5 Å². The summed E-state index contributed by atoms with van der Waals surface area (Å²) in [6.45, 7) is 2.04. The van der Waals surface area contributed by atoms with E-state index in [2.05, 4.69) is 0 Å². The van der Waals surface area contributed by atoms with Crippen molar-refractivity contribution in [2.24, 2.45) is 0 Å². The summed E-state index contributed by atoms with van der Waals surface area (Å²) in [5, 5.41) is 0. The van der Waals surface area contributed by atoms with E-state index in [4.69, 9.17) is 4.74 Å². The van der Waals surface area contributed by atoms with Gasteiger partial charge in [0.15, 0.2) is 0 Å². The molecule has 1 aliphatic rings. The van der Waals surface area contributed by atoms with Gasteiger partial charge in [-0.3, -0.25) is 0 Å². The van der Waals surface area contributed by atoms with Crippen LogP contribution in [0.15, 0.2) is 12.1 Å². The van der Waals surface area contributed by atoms with Crippen LogP contribution in [0.2, 0.25) is 0 Å². The molecule has 1 unspecified atom stereocenters. The highest BCUT2D eigenvalue weighted by Gasteiger charge is 2.28. The lowest BCUT2D eigenvalue weighted by Crippen LogP contribution is -1.92. The van der Waals surface area contributed by atoms with E-state index in [-0.39, 0.29) is 17.7 Å². The van der Waals surface area contributed by atoms with Gasteiger partial charge in [-0.15, -0.1) is 0 Å². The minimum Gasteiger partial charge on any atom is -0.368 e. The second kappa shape index (κ2) is 2.52. The maximum absolute atomic E-state index is 13.1. The zero-order valence-electron chi connectivity index (χ0n) is 6.60. The number of hydrogen-bond acceptors (Lipinski definition) is 1. The minimum absolute atomic E-state index is 0.222. The Morgan fingerprint density at radius 1 is 1.33 bits per heavy atom. The van der Waals surface area contributed by atoms with Crippen LogP contribution in [0, 0.1) is 18.6 Å². The van der Waals surface area contributed by atoms with Crippen LogP contribution in [0.3, 0.4) is 0 Å². The largest absolute Gasteiger partial charge is 0.368 e. The van der Waals surface area contributed by atoms with Crippen molar-refractivity contribution in [3.05, 3.63) is 34.9 Å². The van der Waals surface area contributed by atoms with E-state index in [0.29, 0.717) is 17.7 Å². The van der Waals surface area contributed by atoms with Crippen molar-refractivity contribution in [2.45, 2.75) is 13.0 Å². The number of ether oxygens (including phenoxy) is 1. The lowest BCUT2D eigenvalue weighted by atomic mass is 10.1. The van der Waals surface area contributed by atoms with Crippen LogP contribution in [0.4, 0.5) is 8.78 Å². The summed E-state index contributed by atoms with van der Waals surface area (Å²) in [6.07, 6.45) is -0.222. The molecule has 1 fully saturated rings. The van der Waals surface area contributed by atoms with Gasteiger partial charge in [-0.05, 0) is 24.6 Å². The normalized spacial score (nSPS) is 21.1. The molecule has 64 valence electrons. The summed E-state index contributed by atoms with van der Waals surface area (Å²) < 4.78 is 30.9. The molecule has 1 atom stereocenters. The molecule has 1 aromatic carbocycles. The van der Waals surface area contributed by atoms with Gasteiger partial charge < -0.3 is 4.74 Å². The number of hydrogen-bond donors (Lipinski definition) is 0. The molecule has 3 heteroatoms. The van der Waals surface area contributed by atoms with Crippen LogP contribution >= 0.6 is 0 Å². The van der Waals surface area contributed by atoms with Crippen LogP contribution in [-0.2, 0) is 4.74 Å². The Hall–Kier alpha value is -0.960. The Balaban J connectivity index is 2.47. The Kier molecular flexibility index (Phi) is 1.61. The highest BCUT2D eigenvalue weighted by atomic mass is 19.1. The molecule has 0 saturated carbocycles. The SMILES string of the molecule is Cc1cc(F)c(C2CO2)cc1F. The van der Waals surface area contributed by atoms with E-state index in [9.17, 15) is 8.78 Å². The van der Waals surface area contributed by atoms with Crippen LogP contribution in [0.5, 0.6) is 0 Å². The van der Waals surface area contributed by atoms with Gasteiger partial charge >= 0.3 is 0 Å². The molecule has 2 rings (SSSR count). The fraction of sp³-hybridized carbons (Fsp3) is 0.333. The first kappa shape index (κ1) is 7.68. The summed E-state index contributed by atoms with van der Waals surface area (Å²) >= 11 is 0. The van der Waals surface area contributed by atoms with Crippen molar-refractivity contribution in [1.29, 1.82) is 0 Å². The van der Waals surface area contributed by atoms with Gasteiger partial charge in [0.05, 0.1) is 6.61 Å². The first-order valence-electron chi connectivity index (χ1n) is 3.75. The Morgan fingerprint density at radius 2 is 2.00 bits per heavy atom. The number of benzene rings is 1. The molecular formula is C9H8F2O. The first-order valence-corrected chi connectivity index (χ1v) is 3.75. The van der Waals surface area contributed by atoms with E-state index in [1.54, 1.807) is 0 Å². The quantitative estimate of drug-likeness (QED) is 0.589. The molecule has 1 saturated heterocycles. The molecule has 1 aliphatic heterocycles. The smallest absolute Gasteiger partial charge is 0.129 e. The van der Waals surface area contributed by atoms with Crippen LogP contribution in [-0.4, -0.2) is 6.61 Å². The number of epoxide rings is 1. The van der Waals surface area contributed by atoms with Crippen molar-refractivity contribution in [1.82, 2.24) is 0 Å². The van der Waals surface area contributed by atoms with Gasteiger partial charge in [0.25, 0.3) is 0 Å². The van der Waals surface area contributed by atoms with Gasteiger partial charge in [0.2, 0.25) is 0 Å².